The van der Waals surface area contributed by atoms with E-state index in [0.29, 0.717) is 5.16 Å². The van der Waals surface area contributed by atoms with E-state index >= 15 is 0 Å². The van der Waals surface area contributed by atoms with Crippen molar-refractivity contribution in [3.63, 3.8) is 0 Å². The predicted octanol–water partition coefficient (Wildman–Crippen LogP) is 3.84. The highest BCUT2D eigenvalue weighted by Gasteiger charge is 2.13. The first-order valence-electron chi connectivity index (χ1n) is 6.34. The molecule has 0 fully saturated rings. The summed E-state index contributed by atoms with van der Waals surface area (Å²) in [6, 6.07) is 8.19. The molecule has 102 valence electrons. The van der Waals surface area contributed by atoms with Gasteiger partial charge in [-0.1, -0.05) is 47.6 Å². The molecule has 0 amide bonds. The summed E-state index contributed by atoms with van der Waals surface area (Å²) in [4.78, 5) is 4.63. The zero-order chi connectivity index (χ0) is 13.9. The molecule has 0 bridgehead atoms. The number of aromatic nitrogens is 4. The first-order chi connectivity index (χ1) is 9.85. The van der Waals surface area contributed by atoms with Gasteiger partial charge in [0.25, 0.3) is 0 Å². The van der Waals surface area contributed by atoms with Gasteiger partial charge in [0.2, 0.25) is 5.16 Å². The second-order valence-electron chi connectivity index (χ2n) is 4.20. The van der Waals surface area contributed by atoms with Crippen molar-refractivity contribution in [2.45, 2.75) is 18.6 Å². The second-order valence-corrected chi connectivity index (χ2v) is 5.44. The monoisotopic (exact) mass is 304 g/mol. The molecule has 3 rings (SSSR count). The first-order valence-corrected chi connectivity index (χ1v) is 7.77. The topological polar surface area (TPSA) is 43.6 Å². The molecule has 3 aromatic rings. The van der Waals surface area contributed by atoms with Gasteiger partial charge < -0.3 is 4.57 Å². The van der Waals surface area contributed by atoms with E-state index in [1.165, 1.54) is 17.3 Å². The van der Waals surface area contributed by atoms with Crippen molar-refractivity contribution in [3.05, 3.63) is 35.9 Å². The van der Waals surface area contributed by atoms with Crippen molar-refractivity contribution >= 4 is 45.4 Å². The largest absolute Gasteiger partial charge is 0.324 e. The van der Waals surface area contributed by atoms with Crippen molar-refractivity contribution in [2.75, 3.05) is 5.75 Å². The van der Waals surface area contributed by atoms with Crippen LogP contribution in [0.25, 0.3) is 22.1 Å². The molecule has 0 saturated heterocycles. The summed E-state index contributed by atoms with van der Waals surface area (Å²) >= 11 is 7.03. The van der Waals surface area contributed by atoms with Crippen LogP contribution in [0, 0.1) is 0 Å². The standard InChI is InChI=1S/C14H13ClN4S/c1-2-19-11-7-4-3-6-10(11)12-13(19)16-14(18-17-12)20-9-5-8-15/h3-8H,2,9H2,1H3/b8-5+. The van der Waals surface area contributed by atoms with E-state index in [1.54, 1.807) is 0 Å². The molecule has 0 spiro atoms. The van der Waals surface area contributed by atoms with Gasteiger partial charge in [0.15, 0.2) is 5.65 Å². The molecule has 0 aliphatic heterocycles. The lowest BCUT2D eigenvalue weighted by Gasteiger charge is -2.02. The Bertz CT molecular complexity index is 781. The Labute approximate surface area is 125 Å². The van der Waals surface area contributed by atoms with E-state index < -0.39 is 0 Å². The smallest absolute Gasteiger partial charge is 0.211 e. The highest BCUT2D eigenvalue weighted by atomic mass is 35.5. The van der Waals surface area contributed by atoms with Gasteiger partial charge in [-0.3, -0.25) is 0 Å². The highest BCUT2D eigenvalue weighted by molar-refractivity contribution is 7.99. The zero-order valence-electron chi connectivity index (χ0n) is 11.0. The molecule has 2 heterocycles. The number of para-hydroxylation sites is 1. The molecule has 0 N–H and O–H groups in total. The summed E-state index contributed by atoms with van der Waals surface area (Å²) in [6.07, 6.45) is 1.86. The molecule has 20 heavy (non-hydrogen) atoms. The summed E-state index contributed by atoms with van der Waals surface area (Å²) < 4.78 is 2.17. The average molecular weight is 305 g/mol. The van der Waals surface area contributed by atoms with Crippen molar-refractivity contribution in [1.29, 1.82) is 0 Å². The number of benzene rings is 1. The van der Waals surface area contributed by atoms with Gasteiger partial charge in [0, 0.05) is 23.2 Å². The second kappa shape index (κ2) is 5.81. The fourth-order valence-electron chi connectivity index (χ4n) is 2.23. The Morgan fingerprint density at radius 3 is 2.95 bits per heavy atom. The molecule has 0 unspecified atom stereocenters. The van der Waals surface area contributed by atoms with Crippen LogP contribution in [0.4, 0.5) is 0 Å². The number of hydrogen-bond donors (Lipinski definition) is 0. The molecule has 0 saturated carbocycles. The lowest BCUT2D eigenvalue weighted by atomic mass is 10.2. The maximum atomic E-state index is 5.51. The van der Waals surface area contributed by atoms with Gasteiger partial charge >= 0.3 is 0 Å². The summed E-state index contributed by atoms with van der Waals surface area (Å²) in [6.45, 7) is 2.96. The number of thioether (sulfide) groups is 1. The molecular weight excluding hydrogens is 292 g/mol. The minimum Gasteiger partial charge on any atom is -0.324 e. The van der Waals surface area contributed by atoms with Crippen molar-refractivity contribution in [1.82, 2.24) is 19.7 Å². The number of aryl methyl sites for hydroxylation is 1. The quantitative estimate of drug-likeness (QED) is 0.687. The fourth-order valence-corrected chi connectivity index (χ4v) is 3.02. The highest BCUT2D eigenvalue weighted by Crippen LogP contribution is 2.26. The third kappa shape index (κ3) is 2.27. The van der Waals surface area contributed by atoms with Gasteiger partial charge in [0.05, 0.1) is 5.52 Å². The molecular formula is C14H13ClN4S. The number of hydrogen-bond acceptors (Lipinski definition) is 4. The summed E-state index contributed by atoms with van der Waals surface area (Å²) in [7, 11) is 0. The number of halogens is 1. The molecule has 0 aliphatic rings. The van der Waals surface area contributed by atoms with Crippen molar-refractivity contribution in [3.8, 4) is 0 Å². The lowest BCUT2D eigenvalue weighted by molar-refractivity contribution is 0.789. The third-order valence-corrected chi connectivity index (χ3v) is 4.04. The number of nitrogens with zero attached hydrogens (tertiary/aromatic N) is 4. The van der Waals surface area contributed by atoms with Gasteiger partial charge in [0.1, 0.15) is 5.52 Å². The maximum absolute atomic E-state index is 5.51. The SMILES string of the molecule is CCn1c2ccccc2c2nnc(SC/C=C/Cl)nc21. The van der Waals surface area contributed by atoms with E-state index in [9.17, 15) is 0 Å². The van der Waals surface area contributed by atoms with Crippen LogP contribution in [-0.4, -0.2) is 25.5 Å². The third-order valence-electron chi connectivity index (χ3n) is 3.07. The lowest BCUT2D eigenvalue weighted by Crippen LogP contribution is -1.98. The Morgan fingerprint density at radius 2 is 2.15 bits per heavy atom. The summed E-state index contributed by atoms with van der Waals surface area (Å²) in [5, 5.41) is 10.3. The molecule has 4 nitrogen and oxygen atoms in total. The number of rotatable bonds is 4. The van der Waals surface area contributed by atoms with Crippen LogP contribution >= 0.6 is 23.4 Å². The van der Waals surface area contributed by atoms with Crippen LogP contribution in [0.15, 0.2) is 41.0 Å². The number of fused-ring (bicyclic) bond motifs is 3. The summed E-state index contributed by atoms with van der Waals surface area (Å²) in [5.41, 5.74) is 4.40. The minimum absolute atomic E-state index is 0.671. The van der Waals surface area contributed by atoms with Crippen LogP contribution in [0.1, 0.15) is 6.92 Å². The molecule has 0 aliphatic carbocycles. The molecule has 2 aromatic heterocycles. The van der Waals surface area contributed by atoms with Crippen LogP contribution in [0.2, 0.25) is 0 Å². The Kier molecular flexibility index (Phi) is 3.89. The zero-order valence-corrected chi connectivity index (χ0v) is 12.5. The molecule has 0 radical (unpaired) electrons. The van der Waals surface area contributed by atoms with E-state index in [-0.39, 0.29) is 0 Å². The van der Waals surface area contributed by atoms with Crippen molar-refractivity contribution in [2.24, 2.45) is 0 Å². The van der Waals surface area contributed by atoms with E-state index in [0.717, 1.165) is 34.4 Å². The minimum atomic E-state index is 0.671. The van der Waals surface area contributed by atoms with Gasteiger partial charge in [-0.05, 0) is 13.0 Å². The Morgan fingerprint density at radius 1 is 1.30 bits per heavy atom. The Hall–Kier alpha value is -1.59. The van der Waals surface area contributed by atoms with Gasteiger partial charge in [-0.15, -0.1) is 10.2 Å². The predicted molar refractivity (Wildman–Crippen MR) is 84.2 cm³/mol. The van der Waals surface area contributed by atoms with E-state index in [4.69, 9.17) is 11.6 Å². The van der Waals surface area contributed by atoms with Crippen LogP contribution in [0.3, 0.4) is 0 Å². The van der Waals surface area contributed by atoms with E-state index in [1.807, 2.05) is 18.2 Å². The van der Waals surface area contributed by atoms with Gasteiger partial charge in [-0.2, -0.15) is 0 Å². The average Bonchev–Trinajstić information content (AvgIpc) is 2.80. The molecule has 0 atom stereocenters. The summed E-state index contributed by atoms with van der Waals surface area (Å²) in [5.74, 6) is 0.739. The molecule has 6 heteroatoms. The van der Waals surface area contributed by atoms with Crippen molar-refractivity contribution < 1.29 is 0 Å². The van der Waals surface area contributed by atoms with Crippen LogP contribution in [0.5, 0.6) is 0 Å². The Balaban J connectivity index is 2.15. The normalized spacial score (nSPS) is 11.9. The van der Waals surface area contributed by atoms with Crippen LogP contribution < -0.4 is 0 Å². The molecule has 1 aromatic carbocycles. The van der Waals surface area contributed by atoms with E-state index in [2.05, 4.69) is 38.8 Å². The van der Waals surface area contributed by atoms with Gasteiger partial charge in [-0.25, -0.2) is 4.98 Å². The first kappa shape index (κ1) is 13.4. The van der Waals surface area contributed by atoms with Crippen LogP contribution in [-0.2, 0) is 6.54 Å². The maximum Gasteiger partial charge on any atom is 0.211 e. The fraction of sp³-hybridized carbons (Fsp3) is 0.214.